The maximum Gasteiger partial charge on any atom is 0.488 e. The average molecular weight is 184 g/mol. The molecule has 0 aliphatic carbocycles. The van der Waals surface area contributed by atoms with E-state index in [0.29, 0.717) is 5.47 Å². The van der Waals surface area contributed by atoms with Crippen LogP contribution in [0.1, 0.15) is 20.3 Å². The third-order valence-corrected chi connectivity index (χ3v) is 1.67. The largest absolute Gasteiger partial charge is 0.488 e. The summed E-state index contributed by atoms with van der Waals surface area (Å²) in [6.07, 6.45) is 4.15. The second kappa shape index (κ2) is 5.80. The Balaban J connectivity index is 4.60. The molecule has 0 unspecified atom stereocenters. The first-order valence-electron chi connectivity index (χ1n) is 4.22. The zero-order valence-corrected chi connectivity index (χ0v) is 8.36. The molecule has 74 valence electrons. The zero-order chi connectivity index (χ0) is 10.4. The van der Waals surface area contributed by atoms with Crippen LogP contribution in [0.2, 0.25) is 0 Å². The highest BCUT2D eigenvalue weighted by molar-refractivity contribution is 6.51. The molecule has 5 heteroatoms. The van der Waals surface area contributed by atoms with Gasteiger partial charge in [0.25, 0.3) is 0 Å². The summed E-state index contributed by atoms with van der Waals surface area (Å²) in [5.74, 6) is 5.46. The smallest absolute Gasteiger partial charge is 0.423 e. The van der Waals surface area contributed by atoms with E-state index in [-0.39, 0.29) is 0 Å². The Morgan fingerprint density at radius 1 is 1.54 bits per heavy atom. The third kappa shape index (κ3) is 4.72. The van der Waals surface area contributed by atoms with Gasteiger partial charge in [0.1, 0.15) is 0 Å². The first-order chi connectivity index (χ1) is 5.99. The molecule has 0 aliphatic heterocycles. The van der Waals surface area contributed by atoms with Gasteiger partial charge in [-0.3, -0.25) is 0 Å². The normalized spacial score (nSPS) is 13.1. The van der Waals surface area contributed by atoms with Crippen molar-refractivity contribution in [3.8, 4) is 0 Å². The minimum absolute atomic E-state index is 0.470. The molecule has 0 fully saturated rings. The number of hydrazine groups is 1. The number of nitrogens with zero attached hydrogens (tertiary/aromatic N) is 1. The standard InChI is InChI=1S/C8H17BN2O2/c1-4-5-8(9(12)13)6-7(2)11(3)10/h5-6,12-13H,4,10H2,1-3H3/b7-6+,8-5+. The van der Waals surface area contributed by atoms with E-state index in [0.717, 1.165) is 12.1 Å². The molecule has 0 heterocycles. The van der Waals surface area contributed by atoms with Crippen LogP contribution in [0.25, 0.3) is 0 Å². The summed E-state index contributed by atoms with van der Waals surface area (Å²) in [4.78, 5) is 0. The molecule has 0 aliphatic rings. The molecule has 0 amide bonds. The average Bonchev–Trinajstić information content (AvgIpc) is 2.03. The van der Waals surface area contributed by atoms with Gasteiger partial charge in [-0.1, -0.05) is 13.0 Å². The molecule has 0 atom stereocenters. The number of allylic oxidation sites excluding steroid dienone is 4. The summed E-state index contributed by atoms with van der Waals surface area (Å²) in [6.45, 7) is 3.73. The highest BCUT2D eigenvalue weighted by Crippen LogP contribution is 2.05. The van der Waals surface area contributed by atoms with E-state index in [1.54, 1.807) is 26.1 Å². The Bertz CT molecular complexity index is 212. The van der Waals surface area contributed by atoms with Crippen LogP contribution in [-0.2, 0) is 0 Å². The summed E-state index contributed by atoms with van der Waals surface area (Å²) < 4.78 is 0. The van der Waals surface area contributed by atoms with Crippen molar-refractivity contribution in [2.45, 2.75) is 20.3 Å². The van der Waals surface area contributed by atoms with Crippen molar-refractivity contribution < 1.29 is 10.0 Å². The van der Waals surface area contributed by atoms with E-state index in [1.807, 2.05) is 6.92 Å². The molecule has 4 nitrogen and oxygen atoms in total. The second-order valence-corrected chi connectivity index (χ2v) is 2.88. The molecular formula is C8H17BN2O2. The first kappa shape index (κ1) is 12.2. The van der Waals surface area contributed by atoms with Gasteiger partial charge in [0.05, 0.1) is 0 Å². The van der Waals surface area contributed by atoms with E-state index in [1.165, 1.54) is 5.01 Å². The second-order valence-electron chi connectivity index (χ2n) is 2.88. The fourth-order valence-corrected chi connectivity index (χ4v) is 0.818. The number of rotatable bonds is 4. The summed E-state index contributed by atoms with van der Waals surface area (Å²) >= 11 is 0. The van der Waals surface area contributed by atoms with Crippen LogP contribution in [0.5, 0.6) is 0 Å². The number of nitrogens with two attached hydrogens (primary N) is 1. The van der Waals surface area contributed by atoms with E-state index in [4.69, 9.17) is 15.9 Å². The van der Waals surface area contributed by atoms with Crippen molar-refractivity contribution in [1.82, 2.24) is 5.01 Å². The molecule has 0 bridgehead atoms. The molecular weight excluding hydrogens is 167 g/mol. The summed E-state index contributed by atoms with van der Waals surface area (Å²) in [6, 6.07) is 0. The Labute approximate surface area is 79.5 Å². The van der Waals surface area contributed by atoms with Gasteiger partial charge >= 0.3 is 7.12 Å². The van der Waals surface area contributed by atoms with Gasteiger partial charge in [0.15, 0.2) is 0 Å². The van der Waals surface area contributed by atoms with Crippen LogP contribution in [0.4, 0.5) is 0 Å². The Morgan fingerprint density at radius 3 is 2.38 bits per heavy atom. The van der Waals surface area contributed by atoms with Crippen molar-refractivity contribution in [2.75, 3.05) is 7.05 Å². The minimum atomic E-state index is -1.44. The quantitative estimate of drug-likeness (QED) is 0.250. The SMILES string of the molecule is CC/C=C(\C=C(/C)N(C)N)B(O)O. The molecule has 0 radical (unpaired) electrons. The fourth-order valence-electron chi connectivity index (χ4n) is 0.818. The van der Waals surface area contributed by atoms with E-state index < -0.39 is 7.12 Å². The predicted octanol–water partition coefficient (Wildman–Crippen LogP) is 0.0441. The van der Waals surface area contributed by atoms with Crippen LogP contribution >= 0.6 is 0 Å². The van der Waals surface area contributed by atoms with Crippen molar-refractivity contribution in [3.63, 3.8) is 0 Å². The van der Waals surface area contributed by atoms with Crippen molar-refractivity contribution in [1.29, 1.82) is 0 Å². The lowest BCUT2D eigenvalue weighted by molar-refractivity contribution is 0.418. The van der Waals surface area contributed by atoms with E-state index in [9.17, 15) is 0 Å². The van der Waals surface area contributed by atoms with Crippen LogP contribution in [-0.4, -0.2) is 29.2 Å². The highest BCUT2D eigenvalue weighted by Gasteiger charge is 2.11. The van der Waals surface area contributed by atoms with E-state index >= 15 is 0 Å². The summed E-state index contributed by atoms with van der Waals surface area (Å²) in [5, 5.41) is 19.3. The Hall–Kier alpha value is -0.775. The van der Waals surface area contributed by atoms with Crippen LogP contribution in [0.3, 0.4) is 0 Å². The Morgan fingerprint density at radius 2 is 2.08 bits per heavy atom. The molecule has 0 aromatic carbocycles. The summed E-state index contributed by atoms with van der Waals surface area (Å²) in [5.41, 5.74) is 1.24. The fraction of sp³-hybridized carbons (Fsp3) is 0.500. The summed E-state index contributed by atoms with van der Waals surface area (Å²) in [7, 11) is 0.258. The maximum atomic E-state index is 8.96. The molecule has 0 saturated carbocycles. The van der Waals surface area contributed by atoms with Crippen LogP contribution < -0.4 is 5.84 Å². The van der Waals surface area contributed by atoms with E-state index in [2.05, 4.69) is 0 Å². The van der Waals surface area contributed by atoms with Gasteiger partial charge in [-0.15, -0.1) is 0 Å². The van der Waals surface area contributed by atoms with Crippen molar-refractivity contribution in [2.24, 2.45) is 5.84 Å². The number of hydrogen-bond acceptors (Lipinski definition) is 4. The molecule has 0 rings (SSSR count). The van der Waals surface area contributed by atoms with Crippen LogP contribution in [0, 0.1) is 0 Å². The maximum absolute atomic E-state index is 8.96. The van der Waals surface area contributed by atoms with Gasteiger partial charge < -0.3 is 15.1 Å². The Kier molecular flexibility index (Phi) is 5.45. The minimum Gasteiger partial charge on any atom is -0.423 e. The van der Waals surface area contributed by atoms with Gasteiger partial charge in [0, 0.05) is 12.7 Å². The molecule has 4 N–H and O–H groups in total. The zero-order valence-electron chi connectivity index (χ0n) is 8.36. The monoisotopic (exact) mass is 184 g/mol. The molecule has 0 saturated heterocycles. The topological polar surface area (TPSA) is 69.7 Å². The third-order valence-electron chi connectivity index (χ3n) is 1.67. The van der Waals surface area contributed by atoms with Gasteiger partial charge in [-0.2, -0.15) is 0 Å². The number of hydrogen-bond donors (Lipinski definition) is 3. The molecule has 0 aromatic heterocycles. The molecule has 0 aromatic rings. The molecule has 0 spiro atoms. The van der Waals surface area contributed by atoms with Gasteiger partial charge in [0.2, 0.25) is 0 Å². The van der Waals surface area contributed by atoms with Crippen LogP contribution in [0.15, 0.2) is 23.3 Å². The van der Waals surface area contributed by atoms with Gasteiger partial charge in [-0.05, 0) is 24.9 Å². The van der Waals surface area contributed by atoms with Gasteiger partial charge in [-0.25, -0.2) is 5.84 Å². The first-order valence-corrected chi connectivity index (χ1v) is 4.22. The predicted molar refractivity (Wildman–Crippen MR) is 54.3 cm³/mol. The highest BCUT2D eigenvalue weighted by atomic mass is 16.4. The van der Waals surface area contributed by atoms with Crippen molar-refractivity contribution >= 4 is 7.12 Å². The van der Waals surface area contributed by atoms with Crippen molar-refractivity contribution in [3.05, 3.63) is 23.3 Å². The lowest BCUT2D eigenvalue weighted by Crippen LogP contribution is -2.24. The molecule has 13 heavy (non-hydrogen) atoms. The lowest BCUT2D eigenvalue weighted by Gasteiger charge is -2.12. The lowest BCUT2D eigenvalue weighted by atomic mass is 9.78.